The maximum absolute atomic E-state index is 12.2. The number of hydrogen-bond donors (Lipinski definition) is 3. The van der Waals surface area contributed by atoms with E-state index in [1.165, 1.54) is 51.4 Å². The van der Waals surface area contributed by atoms with Crippen LogP contribution >= 0.6 is 7.82 Å². The predicted octanol–water partition coefficient (Wildman–Crippen LogP) is 8.11. The fraction of sp³-hybridized carbons (Fsp3) is 0.882. The normalized spacial score (nSPS) is 14.3. The molecule has 0 radical (unpaired) electrons. The number of rotatable bonds is 33. The number of carbonyl (C=O) groups excluding carboxylic acids is 2. The van der Waals surface area contributed by atoms with E-state index < -0.39 is 58.4 Å². The Morgan fingerprint density at radius 3 is 1.27 bits per heavy atom. The van der Waals surface area contributed by atoms with Crippen LogP contribution in [-0.4, -0.2) is 65.7 Å². The van der Waals surface area contributed by atoms with Crippen molar-refractivity contribution in [3.63, 3.8) is 0 Å². The first kappa shape index (κ1) is 43.7. The SMILES string of the molecule is CCCCCCCCC/C=C\CCCCCCCC(=O)OC(CO)COP(=O)(O)OCC(CO)OC(=O)CCCCCCCC. The molecule has 0 rings (SSSR count). The Morgan fingerprint density at radius 2 is 0.911 bits per heavy atom. The van der Waals surface area contributed by atoms with Crippen LogP contribution in [0.4, 0.5) is 0 Å². The summed E-state index contributed by atoms with van der Waals surface area (Å²) in [6, 6.07) is 0. The van der Waals surface area contributed by atoms with E-state index in [0.29, 0.717) is 12.8 Å². The zero-order valence-corrected chi connectivity index (χ0v) is 29.2. The Balaban J connectivity index is 3.97. The first-order valence-electron chi connectivity index (χ1n) is 17.6. The van der Waals surface area contributed by atoms with Gasteiger partial charge in [0.15, 0.2) is 0 Å². The van der Waals surface area contributed by atoms with E-state index in [2.05, 4.69) is 26.0 Å². The molecule has 3 unspecified atom stereocenters. The lowest BCUT2D eigenvalue weighted by atomic mass is 10.1. The summed E-state index contributed by atoms with van der Waals surface area (Å²) in [5.74, 6) is -1.03. The lowest BCUT2D eigenvalue weighted by Gasteiger charge is -2.20. The number of phosphoric ester groups is 1. The molecule has 0 aromatic heterocycles. The van der Waals surface area contributed by atoms with E-state index in [4.69, 9.17) is 18.5 Å². The molecule has 0 heterocycles. The standard InChI is InChI=1S/C34H65O10P/c1-3-5-7-9-11-12-13-14-15-16-17-18-19-20-22-24-26-34(38)44-32(28-36)30-42-45(39,40)41-29-31(27-35)43-33(37)25-23-21-10-8-6-4-2/h15-16,31-32,35-36H,3-14,17-30H2,1-2H3,(H,39,40)/b16-15-. The molecule has 0 saturated carbocycles. The van der Waals surface area contributed by atoms with Gasteiger partial charge in [0.05, 0.1) is 26.4 Å². The maximum atomic E-state index is 12.2. The van der Waals surface area contributed by atoms with E-state index in [9.17, 15) is 29.3 Å². The van der Waals surface area contributed by atoms with Crippen LogP contribution in [0.25, 0.3) is 0 Å². The van der Waals surface area contributed by atoms with Gasteiger partial charge in [0, 0.05) is 12.8 Å². The van der Waals surface area contributed by atoms with Crippen molar-refractivity contribution < 1.29 is 47.8 Å². The van der Waals surface area contributed by atoms with E-state index in [1.807, 2.05) is 0 Å². The van der Waals surface area contributed by atoms with Gasteiger partial charge >= 0.3 is 19.8 Å². The second kappa shape index (κ2) is 31.3. The predicted molar refractivity (Wildman–Crippen MR) is 178 cm³/mol. The highest BCUT2D eigenvalue weighted by atomic mass is 31.2. The van der Waals surface area contributed by atoms with Gasteiger partial charge in [0.25, 0.3) is 0 Å². The summed E-state index contributed by atoms with van der Waals surface area (Å²) in [4.78, 5) is 34.1. The molecule has 45 heavy (non-hydrogen) atoms. The summed E-state index contributed by atoms with van der Waals surface area (Å²) in [6.07, 6.45) is 25.1. The van der Waals surface area contributed by atoms with E-state index in [-0.39, 0.29) is 12.8 Å². The fourth-order valence-electron chi connectivity index (χ4n) is 4.70. The molecule has 0 aliphatic carbocycles. The molecule has 10 nitrogen and oxygen atoms in total. The minimum absolute atomic E-state index is 0.185. The molecular formula is C34H65O10P. The number of aliphatic hydroxyl groups excluding tert-OH is 2. The van der Waals surface area contributed by atoms with Crippen molar-refractivity contribution in [2.75, 3.05) is 26.4 Å². The number of allylic oxidation sites excluding steroid dienone is 2. The number of ether oxygens (including phenoxy) is 2. The van der Waals surface area contributed by atoms with Gasteiger partial charge in [-0.2, -0.15) is 0 Å². The molecule has 0 spiro atoms. The number of phosphoric acid groups is 1. The number of aliphatic hydroxyl groups is 2. The van der Waals surface area contributed by atoms with Crippen molar-refractivity contribution in [2.24, 2.45) is 0 Å². The highest BCUT2D eigenvalue weighted by Gasteiger charge is 2.27. The van der Waals surface area contributed by atoms with Crippen molar-refractivity contribution >= 4 is 19.8 Å². The Morgan fingerprint density at radius 1 is 0.578 bits per heavy atom. The molecule has 0 aliphatic heterocycles. The van der Waals surface area contributed by atoms with Gasteiger partial charge in [-0.3, -0.25) is 18.6 Å². The second-order valence-corrected chi connectivity index (χ2v) is 13.3. The maximum Gasteiger partial charge on any atom is 0.472 e. The van der Waals surface area contributed by atoms with Crippen molar-refractivity contribution in [3.8, 4) is 0 Å². The van der Waals surface area contributed by atoms with Crippen LogP contribution in [0.15, 0.2) is 12.2 Å². The molecule has 11 heteroatoms. The molecule has 0 saturated heterocycles. The summed E-state index contributed by atoms with van der Waals surface area (Å²) in [5.41, 5.74) is 0. The number of carbonyl (C=O) groups is 2. The van der Waals surface area contributed by atoms with Crippen LogP contribution < -0.4 is 0 Å². The van der Waals surface area contributed by atoms with Gasteiger partial charge in [0.1, 0.15) is 12.2 Å². The fourth-order valence-corrected chi connectivity index (χ4v) is 5.48. The van der Waals surface area contributed by atoms with Gasteiger partial charge in [-0.05, 0) is 38.5 Å². The number of hydrogen-bond acceptors (Lipinski definition) is 9. The third-order valence-electron chi connectivity index (χ3n) is 7.48. The van der Waals surface area contributed by atoms with Crippen molar-refractivity contribution in [1.29, 1.82) is 0 Å². The molecule has 0 aromatic carbocycles. The van der Waals surface area contributed by atoms with Crippen molar-refractivity contribution in [3.05, 3.63) is 12.2 Å². The average molecular weight is 665 g/mol. The van der Waals surface area contributed by atoms with Gasteiger partial charge in [0.2, 0.25) is 0 Å². The van der Waals surface area contributed by atoms with Gasteiger partial charge in [-0.25, -0.2) is 4.57 Å². The Hall–Kier alpha value is -1.29. The summed E-state index contributed by atoms with van der Waals surface area (Å²) in [7, 11) is -4.61. The molecule has 0 amide bonds. The molecule has 0 bridgehead atoms. The Bertz CT molecular complexity index is 776. The minimum Gasteiger partial charge on any atom is -0.457 e. The molecular weight excluding hydrogens is 599 g/mol. The average Bonchev–Trinajstić information content (AvgIpc) is 3.02. The lowest BCUT2D eigenvalue weighted by molar-refractivity contribution is -0.153. The summed E-state index contributed by atoms with van der Waals surface area (Å²) in [6.45, 7) is 2.10. The Labute approximate surface area is 273 Å². The minimum atomic E-state index is -4.61. The first-order valence-corrected chi connectivity index (χ1v) is 19.1. The number of unbranched alkanes of at least 4 members (excludes halogenated alkanes) is 17. The Kier molecular flexibility index (Phi) is 30.4. The molecule has 3 atom stereocenters. The van der Waals surface area contributed by atoms with E-state index in [0.717, 1.165) is 64.2 Å². The zero-order valence-electron chi connectivity index (χ0n) is 28.3. The van der Waals surface area contributed by atoms with Crippen LogP contribution in [-0.2, 0) is 32.7 Å². The molecule has 0 aromatic rings. The van der Waals surface area contributed by atoms with Gasteiger partial charge < -0.3 is 24.6 Å². The summed E-state index contributed by atoms with van der Waals surface area (Å²) in [5, 5.41) is 18.9. The second-order valence-electron chi connectivity index (χ2n) is 11.9. The molecule has 266 valence electrons. The number of esters is 2. The topological polar surface area (TPSA) is 149 Å². The van der Waals surface area contributed by atoms with Crippen LogP contribution in [0, 0.1) is 0 Å². The van der Waals surface area contributed by atoms with Crippen LogP contribution in [0.3, 0.4) is 0 Å². The molecule has 0 aliphatic rings. The first-order chi connectivity index (χ1) is 21.8. The highest BCUT2D eigenvalue weighted by molar-refractivity contribution is 7.47. The third kappa shape index (κ3) is 29.8. The monoisotopic (exact) mass is 664 g/mol. The van der Waals surface area contributed by atoms with Crippen LogP contribution in [0.1, 0.15) is 155 Å². The van der Waals surface area contributed by atoms with Gasteiger partial charge in [-0.1, -0.05) is 116 Å². The molecule has 3 N–H and O–H groups in total. The van der Waals surface area contributed by atoms with E-state index >= 15 is 0 Å². The smallest absolute Gasteiger partial charge is 0.457 e. The van der Waals surface area contributed by atoms with Crippen molar-refractivity contribution in [2.45, 2.75) is 167 Å². The van der Waals surface area contributed by atoms with Crippen LogP contribution in [0.2, 0.25) is 0 Å². The summed E-state index contributed by atoms with van der Waals surface area (Å²) < 4.78 is 32.2. The largest absolute Gasteiger partial charge is 0.472 e. The summed E-state index contributed by atoms with van der Waals surface area (Å²) >= 11 is 0. The van der Waals surface area contributed by atoms with Crippen molar-refractivity contribution in [1.82, 2.24) is 0 Å². The molecule has 0 fully saturated rings. The van der Waals surface area contributed by atoms with Gasteiger partial charge in [-0.15, -0.1) is 0 Å². The van der Waals surface area contributed by atoms with E-state index in [1.54, 1.807) is 0 Å². The zero-order chi connectivity index (χ0) is 33.4. The highest BCUT2D eigenvalue weighted by Crippen LogP contribution is 2.43. The quantitative estimate of drug-likeness (QED) is 0.0272. The van der Waals surface area contributed by atoms with Crippen LogP contribution in [0.5, 0.6) is 0 Å². The third-order valence-corrected chi connectivity index (χ3v) is 8.43. The lowest BCUT2D eigenvalue weighted by Crippen LogP contribution is -2.28.